The van der Waals surface area contributed by atoms with E-state index in [0.29, 0.717) is 30.4 Å². The molecule has 0 unspecified atom stereocenters. The van der Waals surface area contributed by atoms with Crippen LogP contribution >= 0.6 is 0 Å². The van der Waals surface area contributed by atoms with Gasteiger partial charge in [0, 0.05) is 24.6 Å². The molecule has 3 aromatic rings. The number of unbranched alkanes of at least 4 members (excludes halogenated alkanes) is 2. The number of carboxylic acid groups (broad SMARTS) is 1. The molecule has 0 atom stereocenters. The Morgan fingerprint density at radius 1 is 1.06 bits per heavy atom. The summed E-state index contributed by atoms with van der Waals surface area (Å²) in [6.45, 7) is 2.68. The Labute approximate surface area is 206 Å². The first kappa shape index (κ1) is 24.8. The molecular weight excluding hydrogens is 440 g/mol. The largest absolute Gasteiger partial charge is 0.478 e. The second kappa shape index (κ2) is 11.9. The van der Waals surface area contributed by atoms with E-state index in [1.165, 1.54) is 19.3 Å². The number of nitrogens with zero attached hydrogens (tertiary/aromatic N) is 4. The van der Waals surface area contributed by atoms with E-state index in [0.717, 1.165) is 55.5 Å². The highest BCUT2D eigenvalue weighted by molar-refractivity contribution is 5.94. The fourth-order valence-electron chi connectivity index (χ4n) is 4.83. The number of aromatic nitrogens is 4. The number of pyridine rings is 1. The molecule has 0 spiro atoms. The maximum absolute atomic E-state index is 13.0. The fraction of sp³-hybridized carbons (Fsp3) is 0.464. The van der Waals surface area contributed by atoms with Crippen LogP contribution in [-0.2, 0) is 13.0 Å². The summed E-state index contributed by atoms with van der Waals surface area (Å²) < 4.78 is 1.86. The summed E-state index contributed by atoms with van der Waals surface area (Å²) in [7, 11) is 0. The lowest BCUT2D eigenvalue weighted by atomic mass is 9.86. The highest BCUT2D eigenvalue weighted by atomic mass is 16.4. The monoisotopic (exact) mass is 474 g/mol. The van der Waals surface area contributed by atoms with Gasteiger partial charge in [0.2, 0.25) is 11.6 Å². The molecule has 184 valence electrons. The van der Waals surface area contributed by atoms with Crippen molar-refractivity contribution in [3.63, 3.8) is 0 Å². The highest BCUT2D eigenvalue weighted by Gasteiger charge is 2.22. The minimum atomic E-state index is -0.998. The highest BCUT2D eigenvalue weighted by Crippen LogP contribution is 2.27. The van der Waals surface area contributed by atoms with Crippen molar-refractivity contribution in [2.24, 2.45) is 5.92 Å². The van der Waals surface area contributed by atoms with Gasteiger partial charge in [0.1, 0.15) is 5.82 Å². The number of aromatic carboxylic acids is 1. The van der Waals surface area contributed by atoms with Gasteiger partial charge in [-0.2, -0.15) is 0 Å². The molecule has 4 rings (SSSR count). The molecule has 7 nitrogen and oxygen atoms in total. The van der Waals surface area contributed by atoms with Crippen molar-refractivity contribution in [3.8, 4) is 11.3 Å². The molecule has 1 aromatic carbocycles. The summed E-state index contributed by atoms with van der Waals surface area (Å²) in [5.74, 6) is 0.716. The standard InChI is InChI=1S/C28H34N4O3/c1-2-3-5-12-25-30-27(24(33)18-20-9-6-4-7-10-20)31-32(25)19-21-13-15-22(16-14-21)26-23(28(34)35)11-8-17-29-26/h8,11,13-17,20H,2-7,9-10,12,18-19H2,1H3,(H,34,35). The van der Waals surface area contributed by atoms with Gasteiger partial charge in [-0.1, -0.05) is 76.1 Å². The zero-order chi connectivity index (χ0) is 24.6. The number of benzene rings is 1. The number of hydrogen-bond donors (Lipinski definition) is 1. The zero-order valence-corrected chi connectivity index (χ0v) is 20.4. The molecule has 2 heterocycles. The van der Waals surface area contributed by atoms with Crippen LogP contribution in [-0.4, -0.2) is 36.6 Å². The Hall–Kier alpha value is -3.35. The van der Waals surface area contributed by atoms with Crippen LogP contribution in [0.15, 0.2) is 42.6 Å². The second-order valence-corrected chi connectivity index (χ2v) is 9.50. The van der Waals surface area contributed by atoms with Gasteiger partial charge in [0.15, 0.2) is 0 Å². The van der Waals surface area contributed by atoms with Crippen molar-refractivity contribution in [2.45, 2.75) is 77.7 Å². The number of aryl methyl sites for hydroxylation is 1. The second-order valence-electron chi connectivity index (χ2n) is 9.50. The smallest absolute Gasteiger partial charge is 0.337 e. The van der Waals surface area contributed by atoms with Crippen LogP contribution in [0.5, 0.6) is 0 Å². The zero-order valence-electron chi connectivity index (χ0n) is 20.4. The number of carboxylic acids is 1. The summed E-state index contributed by atoms with van der Waals surface area (Å²) in [6, 6.07) is 10.9. The first-order chi connectivity index (χ1) is 17.0. The predicted octanol–water partition coefficient (Wildman–Crippen LogP) is 5.97. The normalized spacial score (nSPS) is 14.2. The van der Waals surface area contributed by atoms with Gasteiger partial charge in [0.05, 0.1) is 17.8 Å². The number of ketones is 1. The quantitative estimate of drug-likeness (QED) is 0.271. The van der Waals surface area contributed by atoms with Crippen molar-refractivity contribution in [2.75, 3.05) is 0 Å². The van der Waals surface area contributed by atoms with Gasteiger partial charge >= 0.3 is 5.97 Å². The van der Waals surface area contributed by atoms with Crippen molar-refractivity contribution in [3.05, 3.63) is 65.4 Å². The van der Waals surface area contributed by atoms with Crippen LogP contribution in [0, 0.1) is 5.92 Å². The Balaban J connectivity index is 1.52. The van der Waals surface area contributed by atoms with Crippen LogP contribution in [0.25, 0.3) is 11.3 Å². The molecule has 0 radical (unpaired) electrons. The molecule has 7 heteroatoms. The molecule has 0 bridgehead atoms. The van der Waals surface area contributed by atoms with Crippen molar-refractivity contribution >= 4 is 11.8 Å². The summed E-state index contributed by atoms with van der Waals surface area (Å²) >= 11 is 0. The van der Waals surface area contributed by atoms with Crippen molar-refractivity contribution < 1.29 is 14.7 Å². The lowest BCUT2D eigenvalue weighted by Gasteiger charge is -2.19. The van der Waals surface area contributed by atoms with E-state index in [1.807, 2.05) is 28.9 Å². The van der Waals surface area contributed by atoms with Crippen molar-refractivity contribution in [1.29, 1.82) is 0 Å². The van der Waals surface area contributed by atoms with Gasteiger partial charge in [0.25, 0.3) is 0 Å². The molecule has 35 heavy (non-hydrogen) atoms. The van der Waals surface area contributed by atoms with Gasteiger partial charge < -0.3 is 5.11 Å². The summed E-state index contributed by atoms with van der Waals surface area (Å²) in [4.78, 5) is 33.4. The van der Waals surface area contributed by atoms with Crippen LogP contribution in [0.2, 0.25) is 0 Å². The third-order valence-electron chi connectivity index (χ3n) is 6.80. The fourth-order valence-corrected chi connectivity index (χ4v) is 4.83. The molecule has 1 aliphatic rings. The first-order valence-corrected chi connectivity index (χ1v) is 12.8. The van der Waals surface area contributed by atoms with E-state index >= 15 is 0 Å². The minimum Gasteiger partial charge on any atom is -0.478 e. The minimum absolute atomic E-state index is 0.0547. The number of carbonyl (C=O) groups is 2. The third-order valence-corrected chi connectivity index (χ3v) is 6.80. The molecule has 0 saturated heterocycles. The van der Waals surface area contributed by atoms with Crippen LogP contribution < -0.4 is 0 Å². The molecule has 1 fully saturated rings. The molecule has 1 N–H and O–H groups in total. The van der Waals surface area contributed by atoms with Crippen LogP contribution in [0.3, 0.4) is 0 Å². The van der Waals surface area contributed by atoms with Crippen LogP contribution in [0.1, 0.15) is 97.1 Å². The molecule has 1 saturated carbocycles. The Morgan fingerprint density at radius 3 is 2.54 bits per heavy atom. The first-order valence-electron chi connectivity index (χ1n) is 12.8. The Kier molecular flexibility index (Phi) is 8.40. The van der Waals surface area contributed by atoms with Crippen molar-refractivity contribution in [1.82, 2.24) is 19.7 Å². The topological polar surface area (TPSA) is 98.0 Å². The van der Waals surface area contributed by atoms with E-state index < -0.39 is 5.97 Å². The number of Topliss-reactive ketones (excluding diaryl/α,β-unsaturated/α-hetero) is 1. The van der Waals surface area contributed by atoms with Crippen LogP contribution in [0.4, 0.5) is 0 Å². The number of carbonyl (C=O) groups excluding carboxylic acids is 1. The molecule has 0 aliphatic heterocycles. The SMILES string of the molecule is CCCCCc1nc(C(=O)CC2CCCCC2)nn1Cc1ccc(-c2ncccc2C(=O)O)cc1. The summed E-state index contributed by atoms with van der Waals surface area (Å²) in [5, 5.41) is 14.1. The van der Waals surface area contributed by atoms with E-state index in [9.17, 15) is 14.7 Å². The molecule has 0 amide bonds. The predicted molar refractivity (Wildman–Crippen MR) is 135 cm³/mol. The average molecular weight is 475 g/mol. The van der Waals surface area contributed by atoms with E-state index in [1.54, 1.807) is 18.3 Å². The lowest BCUT2D eigenvalue weighted by molar-refractivity contribution is 0.0697. The molecule has 2 aromatic heterocycles. The lowest BCUT2D eigenvalue weighted by Crippen LogP contribution is -2.13. The Bertz CT molecular complexity index is 1150. The van der Waals surface area contributed by atoms with E-state index in [-0.39, 0.29) is 11.3 Å². The number of hydrogen-bond acceptors (Lipinski definition) is 5. The molecule has 1 aliphatic carbocycles. The van der Waals surface area contributed by atoms with Gasteiger partial charge in [-0.3, -0.25) is 9.78 Å². The Morgan fingerprint density at radius 2 is 1.83 bits per heavy atom. The molecular formula is C28H34N4O3. The van der Waals surface area contributed by atoms with Gasteiger partial charge in [-0.25, -0.2) is 14.5 Å². The maximum Gasteiger partial charge on any atom is 0.337 e. The van der Waals surface area contributed by atoms with Gasteiger partial charge in [-0.15, -0.1) is 5.10 Å². The van der Waals surface area contributed by atoms with E-state index in [4.69, 9.17) is 0 Å². The summed E-state index contributed by atoms with van der Waals surface area (Å²) in [5.41, 5.74) is 2.38. The third kappa shape index (κ3) is 6.41. The van der Waals surface area contributed by atoms with Gasteiger partial charge in [-0.05, 0) is 30.0 Å². The number of rotatable bonds is 11. The van der Waals surface area contributed by atoms with E-state index in [2.05, 4.69) is 22.0 Å². The summed E-state index contributed by atoms with van der Waals surface area (Å²) in [6.07, 6.45) is 12.1. The average Bonchev–Trinajstić information content (AvgIpc) is 3.28. The maximum atomic E-state index is 13.0.